The van der Waals surface area contributed by atoms with Crippen LogP contribution in [0.2, 0.25) is 0 Å². The van der Waals surface area contributed by atoms with E-state index in [2.05, 4.69) is 25.1 Å². The van der Waals surface area contributed by atoms with E-state index in [1.165, 1.54) is 32.4 Å². The van der Waals surface area contributed by atoms with Gasteiger partial charge in [0.05, 0.1) is 0 Å². The van der Waals surface area contributed by atoms with Crippen LogP contribution in [-0.2, 0) is 0 Å². The molecule has 3 heterocycles. The SMILES string of the molecule is CNc1nccc(N2CCCN3CCCC3C2)n1. The van der Waals surface area contributed by atoms with E-state index >= 15 is 0 Å². The van der Waals surface area contributed by atoms with E-state index in [1.807, 2.05) is 19.3 Å². The van der Waals surface area contributed by atoms with Crippen LogP contribution in [0.15, 0.2) is 12.3 Å². The maximum atomic E-state index is 4.56. The topological polar surface area (TPSA) is 44.3 Å². The predicted octanol–water partition coefficient (Wildman–Crippen LogP) is 1.19. The van der Waals surface area contributed by atoms with Crippen LogP contribution in [0.5, 0.6) is 0 Å². The van der Waals surface area contributed by atoms with E-state index < -0.39 is 0 Å². The molecular weight excluding hydrogens is 226 g/mol. The Hall–Kier alpha value is -1.36. The quantitative estimate of drug-likeness (QED) is 0.850. The van der Waals surface area contributed by atoms with Gasteiger partial charge in [0.15, 0.2) is 0 Å². The summed E-state index contributed by atoms with van der Waals surface area (Å²) in [6.07, 6.45) is 5.76. The molecule has 2 aliphatic heterocycles. The maximum Gasteiger partial charge on any atom is 0.224 e. The van der Waals surface area contributed by atoms with Crippen molar-refractivity contribution in [2.24, 2.45) is 0 Å². The van der Waals surface area contributed by atoms with Crippen molar-refractivity contribution >= 4 is 11.8 Å². The minimum absolute atomic E-state index is 0.708. The van der Waals surface area contributed by atoms with Gasteiger partial charge in [-0.25, -0.2) is 4.98 Å². The van der Waals surface area contributed by atoms with Gasteiger partial charge >= 0.3 is 0 Å². The van der Waals surface area contributed by atoms with Gasteiger partial charge in [0.25, 0.3) is 0 Å². The van der Waals surface area contributed by atoms with Crippen molar-refractivity contribution in [1.82, 2.24) is 14.9 Å². The van der Waals surface area contributed by atoms with Gasteiger partial charge in [-0.15, -0.1) is 0 Å². The minimum atomic E-state index is 0.708. The molecule has 5 nitrogen and oxygen atoms in total. The van der Waals surface area contributed by atoms with E-state index in [9.17, 15) is 0 Å². The highest BCUT2D eigenvalue weighted by Gasteiger charge is 2.29. The molecule has 0 saturated carbocycles. The summed E-state index contributed by atoms with van der Waals surface area (Å²) in [6.45, 7) is 4.74. The van der Waals surface area contributed by atoms with E-state index in [-0.39, 0.29) is 0 Å². The number of rotatable bonds is 2. The molecule has 1 aromatic heterocycles. The molecule has 2 saturated heterocycles. The molecule has 0 radical (unpaired) electrons. The molecule has 5 heteroatoms. The third kappa shape index (κ3) is 2.27. The second-order valence-corrected chi connectivity index (χ2v) is 5.12. The van der Waals surface area contributed by atoms with Gasteiger partial charge in [0, 0.05) is 38.9 Å². The van der Waals surface area contributed by atoms with Crippen LogP contribution >= 0.6 is 0 Å². The maximum absolute atomic E-state index is 4.56. The third-order valence-electron chi connectivity index (χ3n) is 3.99. The second kappa shape index (κ2) is 5.10. The number of hydrogen-bond donors (Lipinski definition) is 1. The Bertz CT molecular complexity index is 408. The lowest BCUT2D eigenvalue weighted by Crippen LogP contribution is -2.37. The molecule has 0 amide bonds. The molecule has 1 aromatic rings. The summed E-state index contributed by atoms with van der Waals surface area (Å²) in [5.41, 5.74) is 0. The van der Waals surface area contributed by atoms with Crippen LogP contribution in [0.1, 0.15) is 19.3 Å². The molecule has 1 atom stereocenters. The number of hydrogen-bond acceptors (Lipinski definition) is 5. The standard InChI is InChI=1S/C13H21N5/c1-14-13-15-6-5-12(16-13)18-9-3-8-17-7-2-4-11(17)10-18/h5-6,11H,2-4,7-10H2,1H3,(H,14,15,16). The van der Waals surface area contributed by atoms with Crippen molar-refractivity contribution in [1.29, 1.82) is 0 Å². The smallest absolute Gasteiger partial charge is 0.224 e. The summed E-state index contributed by atoms with van der Waals surface area (Å²) in [5.74, 6) is 1.77. The molecule has 0 bridgehead atoms. The van der Waals surface area contributed by atoms with Gasteiger partial charge in [-0.1, -0.05) is 0 Å². The lowest BCUT2D eigenvalue weighted by atomic mass is 10.2. The van der Waals surface area contributed by atoms with Gasteiger partial charge in [0.1, 0.15) is 5.82 Å². The largest absolute Gasteiger partial charge is 0.357 e. The van der Waals surface area contributed by atoms with Crippen LogP contribution < -0.4 is 10.2 Å². The summed E-state index contributed by atoms with van der Waals surface area (Å²) in [6, 6.07) is 2.74. The molecule has 3 rings (SSSR count). The first-order chi connectivity index (χ1) is 8.86. The van der Waals surface area contributed by atoms with Crippen LogP contribution in [0.25, 0.3) is 0 Å². The Morgan fingerprint density at radius 3 is 3.06 bits per heavy atom. The van der Waals surface area contributed by atoms with Crippen molar-refractivity contribution < 1.29 is 0 Å². The summed E-state index contributed by atoms with van der Waals surface area (Å²) in [5, 5.41) is 3.01. The van der Waals surface area contributed by atoms with Crippen molar-refractivity contribution in [2.75, 3.05) is 43.4 Å². The van der Waals surface area contributed by atoms with Gasteiger partial charge in [-0.05, 0) is 31.9 Å². The van der Waals surface area contributed by atoms with Crippen LogP contribution in [0.3, 0.4) is 0 Å². The van der Waals surface area contributed by atoms with Gasteiger partial charge in [-0.2, -0.15) is 4.98 Å². The van der Waals surface area contributed by atoms with Crippen molar-refractivity contribution in [3.63, 3.8) is 0 Å². The van der Waals surface area contributed by atoms with E-state index in [0.29, 0.717) is 5.95 Å². The van der Waals surface area contributed by atoms with Crippen molar-refractivity contribution in [2.45, 2.75) is 25.3 Å². The number of nitrogens with one attached hydrogen (secondary N) is 1. The summed E-state index contributed by atoms with van der Waals surface area (Å²) in [4.78, 5) is 13.8. The molecular formula is C13H21N5. The van der Waals surface area contributed by atoms with E-state index in [1.54, 1.807) is 0 Å². The normalized spacial score (nSPS) is 24.7. The number of anilines is 2. The fourth-order valence-electron chi connectivity index (χ4n) is 3.06. The Morgan fingerprint density at radius 2 is 2.17 bits per heavy atom. The molecule has 98 valence electrons. The number of aromatic nitrogens is 2. The molecule has 1 N–H and O–H groups in total. The van der Waals surface area contributed by atoms with Gasteiger partial charge in [0.2, 0.25) is 5.95 Å². The average molecular weight is 247 g/mol. The average Bonchev–Trinajstić information content (AvgIpc) is 2.76. The highest BCUT2D eigenvalue weighted by Crippen LogP contribution is 2.24. The van der Waals surface area contributed by atoms with E-state index in [0.717, 1.165) is 24.9 Å². The number of nitrogens with zero attached hydrogens (tertiary/aromatic N) is 4. The molecule has 2 fully saturated rings. The molecule has 18 heavy (non-hydrogen) atoms. The molecule has 2 aliphatic rings. The molecule has 0 aromatic carbocycles. The minimum Gasteiger partial charge on any atom is -0.357 e. The Morgan fingerprint density at radius 1 is 1.28 bits per heavy atom. The zero-order valence-electron chi connectivity index (χ0n) is 11.0. The zero-order valence-corrected chi connectivity index (χ0v) is 11.0. The lowest BCUT2D eigenvalue weighted by Gasteiger charge is -2.26. The van der Waals surface area contributed by atoms with Crippen molar-refractivity contribution in [3.05, 3.63) is 12.3 Å². The number of fused-ring (bicyclic) bond motifs is 1. The molecule has 0 aliphatic carbocycles. The lowest BCUT2D eigenvalue weighted by molar-refractivity contribution is 0.273. The summed E-state index contributed by atoms with van der Waals surface area (Å²) in [7, 11) is 1.86. The first kappa shape index (κ1) is 11.7. The van der Waals surface area contributed by atoms with Gasteiger partial charge < -0.3 is 10.2 Å². The first-order valence-electron chi connectivity index (χ1n) is 6.86. The summed E-state index contributed by atoms with van der Waals surface area (Å²) >= 11 is 0. The summed E-state index contributed by atoms with van der Waals surface area (Å²) < 4.78 is 0. The van der Waals surface area contributed by atoms with Crippen LogP contribution in [-0.4, -0.2) is 54.1 Å². The fourth-order valence-corrected chi connectivity index (χ4v) is 3.06. The predicted molar refractivity (Wildman–Crippen MR) is 73.0 cm³/mol. The Balaban J connectivity index is 1.78. The Kier molecular flexibility index (Phi) is 3.32. The molecule has 1 unspecified atom stereocenters. The second-order valence-electron chi connectivity index (χ2n) is 5.12. The van der Waals surface area contributed by atoms with E-state index in [4.69, 9.17) is 0 Å². The van der Waals surface area contributed by atoms with Crippen molar-refractivity contribution in [3.8, 4) is 0 Å². The zero-order chi connectivity index (χ0) is 12.4. The Labute approximate surface area is 108 Å². The molecule has 0 spiro atoms. The van der Waals surface area contributed by atoms with Crippen LogP contribution in [0.4, 0.5) is 11.8 Å². The fraction of sp³-hybridized carbons (Fsp3) is 0.692. The highest BCUT2D eigenvalue weighted by atomic mass is 15.3. The monoisotopic (exact) mass is 247 g/mol. The van der Waals surface area contributed by atoms with Gasteiger partial charge in [-0.3, -0.25) is 4.90 Å². The van der Waals surface area contributed by atoms with Crippen LogP contribution in [0, 0.1) is 0 Å². The highest BCUT2D eigenvalue weighted by molar-refractivity contribution is 5.42. The third-order valence-corrected chi connectivity index (χ3v) is 3.99. The first-order valence-corrected chi connectivity index (χ1v) is 6.86.